The highest BCUT2D eigenvalue weighted by molar-refractivity contribution is 7.90. The average molecular weight is 433 g/mol. The second kappa shape index (κ2) is 7.13. The third-order valence-electron chi connectivity index (χ3n) is 3.73. The number of aromatic nitrogens is 2. The van der Waals surface area contributed by atoms with Gasteiger partial charge < -0.3 is 0 Å². The number of carbonyl (C=O) groups excluding carboxylic acids is 1. The van der Waals surface area contributed by atoms with Gasteiger partial charge in [-0.15, -0.1) is 10.2 Å². The summed E-state index contributed by atoms with van der Waals surface area (Å²) in [6.07, 6.45) is -4.66. The van der Waals surface area contributed by atoms with Crippen molar-refractivity contribution in [2.75, 3.05) is 5.32 Å². The topological polar surface area (TPSA) is 113 Å². The molecule has 2 N–H and O–H groups in total. The lowest BCUT2D eigenvalue weighted by Crippen LogP contribution is -2.34. The summed E-state index contributed by atoms with van der Waals surface area (Å²) in [4.78, 5) is 16.8. The smallest absolute Gasteiger partial charge is 0.299 e. The highest BCUT2D eigenvalue weighted by Crippen LogP contribution is 2.33. The first-order valence-corrected chi connectivity index (χ1v) is 10.2. The molecule has 0 bridgehead atoms. The Bertz CT molecular complexity index is 1050. The van der Waals surface area contributed by atoms with Crippen molar-refractivity contribution >= 4 is 38.2 Å². The van der Waals surface area contributed by atoms with Crippen LogP contribution >= 0.6 is 11.3 Å². The largest absolute Gasteiger partial charge is 0.445 e. The Labute approximate surface area is 161 Å². The molecule has 1 atom stereocenters. The summed E-state index contributed by atoms with van der Waals surface area (Å²) < 4.78 is 64.5. The van der Waals surface area contributed by atoms with E-state index in [2.05, 4.69) is 25.2 Å². The molecule has 0 saturated heterocycles. The normalized spacial score (nSPS) is 18.0. The number of amides is 1. The number of aliphatic imine (C=N–C) groups is 1. The van der Waals surface area contributed by atoms with Gasteiger partial charge in [-0.2, -0.15) is 13.2 Å². The number of hydrogen-bond acceptors (Lipinski definition) is 7. The first kappa shape index (κ1) is 20.2. The van der Waals surface area contributed by atoms with Gasteiger partial charge in [-0.1, -0.05) is 37.3 Å². The Hall–Kier alpha value is -2.54. The zero-order valence-corrected chi connectivity index (χ0v) is 16.1. The number of alkyl halides is 3. The zero-order chi connectivity index (χ0) is 20.7. The lowest BCUT2D eigenvalue weighted by atomic mass is 10.0. The van der Waals surface area contributed by atoms with E-state index in [-0.39, 0.29) is 33.1 Å². The van der Waals surface area contributed by atoms with Crippen molar-refractivity contribution in [2.45, 2.75) is 31.0 Å². The summed E-state index contributed by atoms with van der Waals surface area (Å²) in [5, 5.41) is 7.06. The molecule has 3 rings (SSSR count). The second-order valence-corrected chi connectivity index (χ2v) is 8.80. The highest BCUT2D eigenvalue weighted by Gasteiger charge is 2.36. The number of rotatable bonds is 4. The predicted octanol–water partition coefficient (Wildman–Crippen LogP) is 2.26. The first-order valence-electron chi connectivity index (χ1n) is 7.90. The van der Waals surface area contributed by atoms with Gasteiger partial charge in [0.1, 0.15) is 11.9 Å². The van der Waals surface area contributed by atoms with Gasteiger partial charge >= 0.3 is 6.18 Å². The second-order valence-electron chi connectivity index (χ2n) is 6.17. The van der Waals surface area contributed by atoms with Gasteiger partial charge in [0.05, 0.1) is 4.90 Å². The Morgan fingerprint density at radius 1 is 1.25 bits per heavy atom. The third-order valence-corrected chi connectivity index (χ3v) is 6.01. The monoisotopic (exact) mass is 433 g/mol. The molecule has 2 aromatic rings. The molecule has 0 fully saturated rings. The van der Waals surface area contributed by atoms with Crippen LogP contribution in [0.5, 0.6) is 0 Å². The maximum atomic E-state index is 12.6. The van der Waals surface area contributed by atoms with Crippen molar-refractivity contribution < 1.29 is 26.4 Å². The molecule has 1 aromatic carbocycles. The molecule has 28 heavy (non-hydrogen) atoms. The van der Waals surface area contributed by atoms with Crippen molar-refractivity contribution in [2.24, 2.45) is 10.9 Å². The first-order chi connectivity index (χ1) is 13.0. The minimum absolute atomic E-state index is 0.00213. The third kappa shape index (κ3) is 3.99. The van der Waals surface area contributed by atoms with Crippen LogP contribution in [-0.2, 0) is 21.0 Å². The molecule has 1 amide bonds. The van der Waals surface area contributed by atoms with Crippen molar-refractivity contribution in [1.29, 1.82) is 0 Å². The summed E-state index contributed by atoms with van der Waals surface area (Å²) in [5.41, 5.74) is 0.316. The Kier molecular flexibility index (Phi) is 5.14. The number of sulfonamides is 1. The minimum atomic E-state index is -4.66. The van der Waals surface area contributed by atoms with Gasteiger partial charge in [0.2, 0.25) is 10.1 Å². The number of anilines is 1. The molecular formula is C15H14F3N5O3S2. The number of carbonyl (C=O) groups is 1. The van der Waals surface area contributed by atoms with E-state index in [0.29, 0.717) is 5.56 Å². The van der Waals surface area contributed by atoms with Crippen molar-refractivity contribution in [3.05, 3.63) is 34.8 Å². The number of nitrogens with one attached hydrogen (secondary N) is 2. The molecule has 1 aliphatic rings. The van der Waals surface area contributed by atoms with Crippen molar-refractivity contribution in [1.82, 2.24) is 14.9 Å². The van der Waals surface area contributed by atoms with E-state index < -0.39 is 33.2 Å². The fraction of sp³-hybridized carbons (Fsp3) is 0.333. The van der Waals surface area contributed by atoms with Gasteiger partial charge in [0.15, 0.2) is 0 Å². The van der Waals surface area contributed by atoms with Crippen LogP contribution in [0.2, 0.25) is 0 Å². The van der Waals surface area contributed by atoms with Crippen molar-refractivity contribution in [3.63, 3.8) is 0 Å². The molecule has 1 aliphatic heterocycles. The van der Waals surface area contributed by atoms with E-state index in [1.54, 1.807) is 32.0 Å². The standard InChI is InChI=1S/C15H14F3N5O3S2/c1-7(2)10(12(24)20-14-22-21-13(27-14)15(16,17)18)19-11-8-5-3-4-6-9(8)28(25,26)23-11/h3-7,10H,1-2H3,(H,19,23)(H,20,22,24)/t10-/m1/s1. The average Bonchev–Trinajstić information content (AvgIpc) is 3.15. The van der Waals surface area contributed by atoms with Crippen LogP contribution in [0, 0.1) is 5.92 Å². The van der Waals surface area contributed by atoms with Crippen LogP contribution in [0.1, 0.15) is 24.4 Å². The van der Waals surface area contributed by atoms with E-state index in [0.717, 1.165) is 0 Å². The summed E-state index contributed by atoms with van der Waals surface area (Å²) in [6.45, 7) is 3.34. The summed E-state index contributed by atoms with van der Waals surface area (Å²) in [5.74, 6) is -1.10. The lowest BCUT2D eigenvalue weighted by Gasteiger charge is -2.16. The van der Waals surface area contributed by atoms with E-state index in [1.807, 2.05) is 0 Å². The number of hydrogen-bond donors (Lipinski definition) is 2. The maximum Gasteiger partial charge on any atom is 0.445 e. The van der Waals surface area contributed by atoms with Crippen LogP contribution < -0.4 is 10.0 Å². The molecule has 0 radical (unpaired) electrons. The molecule has 0 saturated carbocycles. The summed E-state index contributed by atoms with van der Waals surface area (Å²) in [6, 6.07) is 5.07. The molecule has 2 heterocycles. The Morgan fingerprint density at radius 3 is 2.54 bits per heavy atom. The SMILES string of the molecule is CC(C)[C@@H](N=C1NS(=O)(=O)c2ccccc21)C(=O)Nc1nnc(C(F)(F)F)s1. The fourth-order valence-corrected chi connectivity index (χ4v) is 4.30. The van der Waals surface area contributed by atoms with Gasteiger partial charge in [-0.25, -0.2) is 8.42 Å². The number of amidine groups is 1. The zero-order valence-electron chi connectivity index (χ0n) is 14.5. The van der Waals surface area contributed by atoms with Gasteiger partial charge in [0, 0.05) is 5.56 Å². The lowest BCUT2D eigenvalue weighted by molar-refractivity contribution is -0.138. The molecule has 1 aromatic heterocycles. The fourth-order valence-electron chi connectivity index (χ4n) is 2.45. The molecule has 0 aliphatic carbocycles. The van der Waals surface area contributed by atoms with E-state index in [1.165, 1.54) is 6.07 Å². The van der Waals surface area contributed by atoms with Crippen LogP contribution in [0.15, 0.2) is 34.2 Å². The van der Waals surface area contributed by atoms with Crippen LogP contribution in [0.4, 0.5) is 18.3 Å². The van der Waals surface area contributed by atoms with Crippen LogP contribution in [-0.4, -0.2) is 36.4 Å². The number of fused-ring (bicyclic) bond motifs is 1. The van der Waals surface area contributed by atoms with E-state index >= 15 is 0 Å². The number of benzene rings is 1. The maximum absolute atomic E-state index is 12.6. The predicted molar refractivity (Wildman–Crippen MR) is 95.5 cm³/mol. The molecule has 0 spiro atoms. The number of halogens is 3. The van der Waals surface area contributed by atoms with E-state index in [9.17, 15) is 26.4 Å². The summed E-state index contributed by atoms with van der Waals surface area (Å²) >= 11 is 0.189. The number of nitrogens with zero attached hydrogens (tertiary/aromatic N) is 3. The molecule has 150 valence electrons. The molecule has 8 nitrogen and oxygen atoms in total. The molecule has 0 unspecified atom stereocenters. The van der Waals surface area contributed by atoms with Crippen LogP contribution in [0.25, 0.3) is 0 Å². The van der Waals surface area contributed by atoms with E-state index in [4.69, 9.17) is 0 Å². The Balaban J connectivity index is 1.88. The van der Waals surface area contributed by atoms with Gasteiger partial charge in [-0.05, 0) is 18.1 Å². The van der Waals surface area contributed by atoms with Crippen LogP contribution in [0.3, 0.4) is 0 Å². The summed E-state index contributed by atoms with van der Waals surface area (Å²) in [7, 11) is -3.78. The van der Waals surface area contributed by atoms with Crippen molar-refractivity contribution in [3.8, 4) is 0 Å². The van der Waals surface area contributed by atoms with Gasteiger partial charge in [-0.3, -0.25) is 19.8 Å². The molecular weight excluding hydrogens is 419 g/mol. The minimum Gasteiger partial charge on any atom is -0.299 e. The molecule has 13 heteroatoms. The van der Waals surface area contributed by atoms with Gasteiger partial charge in [0.25, 0.3) is 15.9 Å². The quantitative estimate of drug-likeness (QED) is 0.768. The highest BCUT2D eigenvalue weighted by atomic mass is 32.2. The Morgan fingerprint density at radius 2 is 1.93 bits per heavy atom.